The molecule has 4 aliphatic rings. The van der Waals surface area contributed by atoms with E-state index in [0.717, 1.165) is 49.8 Å². The Morgan fingerprint density at radius 1 is 1.02 bits per heavy atom. The molecule has 2 aliphatic heterocycles. The Morgan fingerprint density at radius 2 is 1.63 bits per heavy atom. The second-order valence-electron chi connectivity index (χ2n) is 15.0. The molecule has 0 radical (unpaired) electrons. The van der Waals surface area contributed by atoms with E-state index < -0.39 is 41.3 Å². The highest BCUT2D eigenvalue weighted by Gasteiger charge is 2.72. The number of rotatable bonds is 19. The Bertz CT molecular complexity index is 1510. The summed E-state index contributed by atoms with van der Waals surface area (Å²) in [6.07, 6.45) is 17.1. The van der Waals surface area contributed by atoms with Crippen molar-refractivity contribution in [2.24, 2.45) is 0 Å². The topological polar surface area (TPSA) is 132 Å². The van der Waals surface area contributed by atoms with Crippen LogP contribution < -0.4 is 9.47 Å². The monoisotopic (exact) mass is 765 g/mol. The van der Waals surface area contributed by atoms with Gasteiger partial charge in [-0.05, 0) is 83.2 Å². The van der Waals surface area contributed by atoms with Crippen molar-refractivity contribution in [2.75, 3.05) is 20.7 Å². The maximum absolute atomic E-state index is 13.2. The van der Waals surface area contributed by atoms with Crippen LogP contribution >= 0.6 is 0 Å². The van der Waals surface area contributed by atoms with Gasteiger partial charge in [0.1, 0.15) is 5.76 Å². The molecule has 2 N–H and O–H groups in total. The quantitative estimate of drug-likeness (QED) is 0.0809. The molecule has 0 amide bonds. The lowest BCUT2D eigenvalue weighted by molar-refractivity contribution is -0.192. The Kier molecular flexibility index (Phi) is 15.4. The van der Waals surface area contributed by atoms with Crippen LogP contribution in [0.25, 0.3) is 0 Å². The molecule has 10 nitrogen and oxygen atoms in total. The Labute approximate surface area is 317 Å². The van der Waals surface area contributed by atoms with Crippen molar-refractivity contribution >= 4 is 17.9 Å². The number of aliphatic hydroxyl groups is 1. The zero-order valence-electron chi connectivity index (χ0n) is 32.2. The van der Waals surface area contributed by atoms with Crippen molar-refractivity contribution in [1.29, 1.82) is 0 Å². The number of esters is 2. The van der Waals surface area contributed by atoms with Crippen molar-refractivity contribution in [3.05, 3.63) is 47.2 Å². The number of piperidine rings is 1. The third kappa shape index (κ3) is 9.80. The molecule has 0 unspecified atom stereocenters. The van der Waals surface area contributed by atoms with Crippen molar-refractivity contribution in [3.8, 4) is 11.5 Å². The maximum Gasteiger partial charge on any atom is 0.490 e. The number of ether oxygens (including phenoxy) is 4. The van der Waals surface area contributed by atoms with Gasteiger partial charge >= 0.3 is 24.1 Å². The van der Waals surface area contributed by atoms with E-state index in [1.807, 2.05) is 6.07 Å². The molecular formula is C41H58F3NO9. The van der Waals surface area contributed by atoms with Crippen LogP contribution in [-0.2, 0) is 35.7 Å². The average Bonchev–Trinajstić information content (AvgIpc) is 3.48. The van der Waals surface area contributed by atoms with Crippen molar-refractivity contribution < 1.29 is 56.7 Å². The van der Waals surface area contributed by atoms with Gasteiger partial charge in [0.25, 0.3) is 0 Å². The average molecular weight is 766 g/mol. The minimum atomic E-state index is -5.08. The number of hydrogen-bond donors (Lipinski definition) is 2. The molecule has 5 atom stereocenters. The maximum atomic E-state index is 13.2. The first-order valence-corrected chi connectivity index (χ1v) is 19.6. The second-order valence-corrected chi connectivity index (χ2v) is 15.0. The number of unbranched alkanes of at least 4 members (excludes halogenated alkanes) is 11. The molecular weight excluding hydrogens is 707 g/mol. The van der Waals surface area contributed by atoms with E-state index in [4.69, 9.17) is 28.8 Å². The highest BCUT2D eigenvalue weighted by atomic mass is 19.4. The van der Waals surface area contributed by atoms with E-state index >= 15 is 0 Å². The molecule has 13 heteroatoms. The largest absolute Gasteiger partial charge is 0.493 e. The van der Waals surface area contributed by atoms with E-state index in [-0.39, 0.29) is 18.4 Å². The molecule has 1 fully saturated rings. The van der Waals surface area contributed by atoms with Crippen LogP contribution in [0.4, 0.5) is 13.2 Å². The Balaban J connectivity index is 0.000000845. The third-order valence-electron chi connectivity index (χ3n) is 11.3. The van der Waals surface area contributed by atoms with Crippen LogP contribution in [0.3, 0.4) is 0 Å². The molecule has 54 heavy (non-hydrogen) atoms. The summed E-state index contributed by atoms with van der Waals surface area (Å²) in [5, 5.41) is 19.5. The van der Waals surface area contributed by atoms with Gasteiger partial charge in [-0.1, -0.05) is 76.5 Å². The number of hydrogen-bond acceptors (Lipinski definition) is 9. The van der Waals surface area contributed by atoms with Gasteiger partial charge in [-0.3, -0.25) is 4.79 Å². The number of likely N-dealkylation sites (tertiary alicyclic amines) is 1. The summed E-state index contributed by atoms with van der Waals surface area (Å²) in [7, 11) is 3.67. The number of carbonyl (C=O) groups excluding carboxylic acids is 2. The van der Waals surface area contributed by atoms with Gasteiger partial charge in [-0.25, -0.2) is 9.59 Å². The van der Waals surface area contributed by atoms with Crippen molar-refractivity contribution in [3.63, 3.8) is 0 Å². The van der Waals surface area contributed by atoms with Gasteiger partial charge in [-0.2, -0.15) is 13.2 Å². The fraction of sp³-hybridized carbons (Fsp3) is 0.683. The number of alkyl halides is 3. The Hall–Kier alpha value is -3.58. The minimum absolute atomic E-state index is 0.0841. The van der Waals surface area contributed by atoms with E-state index in [9.17, 15) is 27.9 Å². The molecule has 2 bridgehead atoms. The summed E-state index contributed by atoms with van der Waals surface area (Å²) in [5.74, 6) is -2.18. The zero-order valence-corrected chi connectivity index (χ0v) is 32.2. The summed E-state index contributed by atoms with van der Waals surface area (Å²) in [5.41, 5.74) is 0.285. The van der Waals surface area contributed by atoms with E-state index in [1.54, 1.807) is 20.1 Å². The lowest BCUT2D eigenvalue weighted by atomic mass is 9.50. The summed E-state index contributed by atoms with van der Waals surface area (Å²) in [6.45, 7) is 4.59. The first kappa shape index (κ1) is 43.2. The van der Waals surface area contributed by atoms with E-state index in [1.165, 1.54) is 51.4 Å². The standard InChI is InChI=1S/C39H57NO7.C2HF3O2/c1-5-6-7-8-9-10-11-12-13-14-15-16-17-18-19-20-33(41)45-28(2)37(42)46-31-23-24-39(43)32-27-29-21-22-30(44-4)35-34(29)38(39,36(31)47-35)25-26-40(32)3;3-2(4,5)1(6)7/h12-13,21-23,28,32,36,43H,5-11,14-20,24-27H2,1-4H3;(H,6,7)/b13-12-;/t28-,32+,36-,38-,39+;/m0./s1. The van der Waals surface area contributed by atoms with Crippen LogP contribution in [0.15, 0.2) is 36.1 Å². The fourth-order valence-electron chi connectivity index (χ4n) is 8.43. The number of allylic oxidation sites excluding steroid dienone is 2. The van der Waals surface area contributed by atoms with Crippen LogP contribution in [0.1, 0.15) is 128 Å². The third-order valence-corrected chi connectivity index (χ3v) is 11.3. The van der Waals surface area contributed by atoms with E-state index in [0.29, 0.717) is 36.5 Å². The first-order chi connectivity index (χ1) is 25.7. The number of carbonyl (C=O) groups is 3. The van der Waals surface area contributed by atoms with Crippen LogP contribution in [-0.4, -0.2) is 83.8 Å². The fourth-order valence-corrected chi connectivity index (χ4v) is 8.43. The molecule has 1 spiro atoms. The lowest BCUT2D eigenvalue weighted by Crippen LogP contribution is -2.74. The number of carboxylic acids is 1. The smallest absolute Gasteiger partial charge is 0.490 e. The molecule has 1 saturated heterocycles. The highest BCUT2D eigenvalue weighted by molar-refractivity contribution is 5.80. The molecule has 302 valence electrons. The van der Waals surface area contributed by atoms with E-state index in [2.05, 4.69) is 37.1 Å². The SMILES string of the molecule is CCCCCCCC/C=C\CCCCCCCC(=O)O[C@@H](C)C(=O)OC1=CC[C@@]2(O)[C@H]3Cc4ccc(OC)c5c4[C@@]2(CCN3C)[C@H]1O5.O=C(O)C(F)(F)F. The molecule has 2 heterocycles. The normalized spacial score (nSPS) is 24.4. The Morgan fingerprint density at radius 3 is 2.24 bits per heavy atom. The number of nitrogens with zero attached hydrogens (tertiary/aromatic N) is 1. The van der Waals surface area contributed by atoms with Gasteiger partial charge < -0.3 is 34.1 Å². The van der Waals surface area contributed by atoms with Gasteiger partial charge in [-0.15, -0.1) is 0 Å². The molecule has 0 aromatic heterocycles. The van der Waals surface area contributed by atoms with Crippen molar-refractivity contribution in [2.45, 2.75) is 158 Å². The number of methoxy groups -OCH3 is 1. The number of likely N-dealkylation sites (N-methyl/N-ethyl adjacent to an activating group) is 1. The minimum Gasteiger partial charge on any atom is -0.493 e. The van der Waals surface area contributed by atoms with Crippen molar-refractivity contribution in [1.82, 2.24) is 4.90 Å². The van der Waals surface area contributed by atoms with Crippen LogP contribution in [0.5, 0.6) is 11.5 Å². The predicted octanol–water partition coefficient (Wildman–Crippen LogP) is 8.12. The summed E-state index contributed by atoms with van der Waals surface area (Å²) in [6, 6.07) is 3.90. The van der Waals surface area contributed by atoms with Crippen LogP contribution in [0.2, 0.25) is 0 Å². The highest BCUT2D eigenvalue weighted by Crippen LogP contribution is 2.65. The van der Waals surface area contributed by atoms with Crippen LogP contribution in [0, 0.1) is 0 Å². The van der Waals surface area contributed by atoms with Gasteiger partial charge in [0, 0.05) is 24.4 Å². The molecule has 0 saturated carbocycles. The summed E-state index contributed by atoms with van der Waals surface area (Å²) < 4.78 is 55.3. The first-order valence-electron chi connectivity index (χ1n) is 19.6. The number of aliphatic carboxylic acids is 1. The molecule has 1 aromatic rings. The second kappa shape index (κ2) is 19.3. The lowest BCUT2D eigenvalue weighted by Gasteiger charge is -2.61. The molecule has 5 rings (SSSR count). The summed E-state index contributed by atoms with van der Waals surface area (Å²) in [4.78, 5) is 36.9. The van der Waals surface area contributed by atoms with Gasteiger partial charge in [0.05, 0.1) is 18.1 Å². The number of benzene rings is 1. The summed E-state index contributed by atoms with van der Waals surface area (Å²) >= 11 is 0. The van der Waals surface area contributed by atoms with Gasteiger partial charge in [0.15, 0.2) is 23.7 Å². The zero-order chi connectivity index (χ0) is 39.5. The number of halogens is 3. The predicted molar refractivity (Wildman–Crippen MR) is 196 cm³/mol. The number of carboxylic acid groups (broad SMARTS) is 1. The van der Waals surface area contributed by atoms with Gasteiger partial charge in [0.2, 0.25) is 0 Å². The molecule has 2 aliphatic carbocycles. The molecule has 1 aromatic carbocycles.